The van der Waals surface area contributed by atoms with Crippen molar-refractivity contribution in [2.24, 2.45) is 0 Å². The number of amides is 2. The minimum Gasteiger partial charge on any atom is -0.508 e. The number of carbonyl (C=O) groups is 1. The van der Waals surface area contributed by atoms with Gasteiger partial charge in [-0.1, -0.05) is 19.1 Å². The molecule has 124 valence electrons. The summed E-state index contributed by atoms with van der Waals surface area (Å²) in [5.41, 5.74) is 0.917. The molecule has 6 heteroatoms. The maximum absolute atomic E-state index is 12.5. The number of nitrogens with one attached hydrogen (secondary N) is 1. The summed E-state index contributed by atoms with van der Waals surface area (Å²) >= 11 is 0. The highest BCUT2D eigenvalue weighted by atomic mass is 16.3. The molecule has 1 unspecified atom stereocenters. The number of nitrogens with zero attached hydrogens (tertiary/aromatic N) is 1. The van der Waals surface area contributed by atoms with Crippen LogP contribution in [0.25, 0.3) is 0 Å². The molecule has 23 heavy (non-hydrogen) atoms. The highest BCUT2D eigenvalue weighted by Crippen LogP contribution is 2.20. The van der Waals surface area contributed by atoms with Gasteiger partial charge in [-0.25, -0.2) is 4.79 Å². The Kier molecular flexibility index (Phi) is 6.05. The Morgan fingerprint density at radius 2 is 2.04 bits per heavy atom. The number of phenolic OH excluding ortho intramolecular Hbond substituents is 1. The van der Waals surface area contributed by atoms with Crippen LogP contribution in [0.4, 0.5) is 4.79 Å². The van der Waals surface area contributed by atoms with Crippen LogP contribution in [0, 0.1) is 0 Å². The van der Waals surface area contributed by atoms with Crippen LogP contribution < -0.4 is 5.32 Å². The van der Waals surface area contributed by atoms with E-state index < -0.39 is 0 Å². The third-order valence-electron chi connectivity index (χ3n) is 3.59. The van der Waals surface area contributed by atoms with E-state index >= 15 is 0 Å². The molecular weight excluding hydrogens is 296 g/mol. The largest absolute Gasteiger partial charge is 0.508 e. The predicted molar refractivity (Wildman–Crippen MR) is 85.9 cm³/mol. The molecule has 0 aliphatic carbocycles. The number of carbonyl (C=O) groups excluding carboxylic acids is 1. The lowest BCUT2D eigenvalue weighted by molar-refractivity contribution is 0.165. The average Bonchev–Trinajstić information content (AvgIpc) is 3.06. The lowest BCUT2D eigenvalue weighted by atomic mass is 10.0. The van der Waals surface area contributed by atoms with Crippen LogP contribution in [0.1, 0.15) is 30.7 Å². The molecule has 0 saturated carbocycles. The van der Waals surface area contributed by atoms with Crippen molar-refractivity contribution in [2.45, 2.75) is 25.9 Å². The molecular formula is C17H22N2O4. The topological polar surface area (TPSA) is 85.9 Å². The van der Waals surface area contributed by atoms with Crippen molar-refractivity contribution in [1.29, 1.82) is 0 Å². The van der Waals surface area contributed by atoms with Gasteiger partial charge in [-0.3, -0.25) is 0 Å². The number of furan rings is 1. The number of aliphatic hydroxyl groups is 1. The first-order chi connectivity index (χ1) is 11.1. The van der Waals surface area contributed by atoms with Crippen molar-refractivity contribution in [3.63, 3.8) is 0 Å². The summed E-state index contributed by atoms with van der Waals surface area (Å²) in [6.45, 7) is 2.37. The van der Waals surface area contributed by atoms with E-state index in [1.165, 1.54) is 4.90 Å². The molecule has 0 aliphatic heterocycles. The van der Waals surface area contributed by atoms with Crippen molar-refractivity contribution < 1.29 is 19.4 Å². The number of aromatic hydroxyl groups is 1. The van der Waals surface area contributed by atoms with Gasteiger partial charge in [0.15, 0.2) is 0 Å². The maximum Gasteiger partial charge on any atom is 0.318 e. The lowest BCUT2D eigenvalue weighted by Crippen LogP contribution is -2.42. The lowest BCUT2D eigenvalue weighted by Gasteiger charge is -2.25. The van der Waals surface area contributed by atoms with Crippen LogP contribution >= 0.6 is 0 Å². The normalized spacial score (nSPS) is 11.9. The van der Waals surface area contributed by atoms with Gasteiger partial charge in [0, 0.05) is 6.54 Å². The monoisotopic (exact) mass is 318 g/mol. The number of phenols is 1. The highest BCUT2D eigenvalue weighted by Gasteiger charge is 2.19. The van der Waals surface area contributed by atoms with E-state index in [9.17, 15) is 15.0 Å². The first-order valence-corrected chi connectivity index (χ1v) is 7.61. The quantitative estimate of drug-likeness (QED) is 0.732. The number of aliphatic hydroxyl groups excluding tert-OH is 1. The van der Waals surface area contributed by atoms with Gasteiger partial charge in [0.05, 0.1) is 25.5 Å². The molecule has 0 fully saturated rings. The zero-order chi connectivity index (χ0) is 16.7. The molecule has 0 aliphatic rings. The molecule has 2 aromatic rings. The minimum absolute atomic E-state index is 0.121. The molecule has 1 aromatic heterocycles. The van der Waals surface area contributed by atoms with Gasteiger partial charge < -0.3 is 24.8 Å². The van der Waals surface area contributed by atoms with Crippen LogP contribution in [0.3, 0.4) is 0 Å². The van der Waals surface area contributed by atoms with Crippen molar-refractivity contribution in [2.75, 3.05) is 13.2 Å². The van der Waals surface area contributed by atoms with Gasteiger partial charge in [-0.2, -0.15) is 0 Å². The van der Waals surface area contributed by atoms with Crippen molar-refractivity contribution in [3.8, 4) is 5.75 Å². The number of benzene rings is 1. The van der Waals surface area contributed by atoms with E-state index in [1.807, 2.05) is 6.92 Å². The van der Waals surface area contributed by atoms with E-state index in [4.69, 9.17) is 4.42 Å². The van der Waals surface area contributed by atoms with Gasteiger partial charge in [0.2, 0.25) is 0 Å². The third kappa shape index (κ3) is 4.75. The zero-order valence-electron chi connectivity index (χ0n) is 13.1. The molecule has 1 atom stereocenters. The SMILES string of the molecule is CCC(NC(=O)N(CCO)Cc1ccco1)c1ccc(O)cc1. The summed E-state index contributed by atoms with van der Waals surface area (Å²) in [7, 11) is 0. The number of hydrogen-bond donors (Lipinski definition) is 3. The van der Waals surface area contributed by atoms with E-state index in [1.54, 1.807) is 42.7 Å². The van der Waals surface area contributed by atoms with Gasteiger partial charge >= 0.3 is 6.03 Å². The average molecular weight is 318 g/mol. The molecule has 0 bridgehead atoms. The first-order valence-electron chi connectivity index (χ1n) is 7.61. The van der Waals surface area contributed by atoms with Crippen LogP contribution in [-0.4, -0.2) is 34.3 Å². The van der Waals surface area contributed by atoms with E-state index in [0.717, 1.165) is 5.56 Å². The van der Waals surface area contributed by atoms with E-state index in [0.29, 0.717) is 18.7 Å². The van der Waals surface area contributed by atoms with Crippen LogP contribution in [0.5, 0.6) is 5.75 Å². The molecule has 0 spiro atoms. The molecule has 0 radical (unpaired) electrons. The standard InChI is InChI=1S/C17H22N2O4/c1-2-16(13-5-7-14(21)8-6-13)18-17(22)19(9-10-20)12-15-4-3-11-23-15/h3-8,11,16,20-21H,2,9-10,12H2,1H3,(H,18,22). The molecule has 6 nitrogen and oxygen atoms in total. The smallest absolute Gasteiger partial charge is 0.318 e. The Labute approximate surface area is 135 Å². The number of urea groups is 1. The van der Waals surface area contributed by atoms with Gasteiger partial charge in [-0.15, -0.1) is 0 Å². The van der Waals surface area contributed by atoms with Crippen molar-refractivity contribution >= 4 is 6.03 Å². The van der Waals surface area contributed by atoms with Crippen LogP contribution in [0.15, 0.2) is 47.1 Å². The van der Waals surface area contributed by atoms with E-state index in [-0.39, 0.29) is 31.0 Å². The van der Waals surface area contributed by atoms with Gasteiger partial charge in [0.25, 0.3) is 0 Å². The zero-order valence-corrected chi connectivity index (χ0v) is 13.1. The Hall–Kier alpha value is -2.47. The number of hydrogen-bond acceptors (Lipinski definition) is 4. The fourth-order valence-electron chi connectivity index (χ4n) is 2.33. The summed E-state index contributed by atoms with van der Waals surface area (Å²) in [4.78, 5) is 14.0. The fraction of sp³-hybridized carbons (Fsp3) is 0.353. The second-order valence-electron chi connectivity index (χ2n) is 5.23. The number of rotatable bonds is 7. The highest BCUT2D eigenvalue weighted by molar-refractivity contribution is 5.74. The third-order valence-corrected chi connectivity index (χ3v) is 3.59. The predicted octanol–water partition coefficient (Wildman–Crippen LogP) is 2.64. The van der Waals surface area contributed by atoms with E-state index in [2.05, 4.69) is 5.32 Å². The second kappa shape index (κ2) is 8.24. The Morgan fingerprint density at radius 3 is 2.61 bits per heavy atom. The Balaban J connectivity index is 2.04. The Morgan fingerprint density at radius 1 is 1.30 bits per heavy atom. The van der Waals surface area contributed by atoms with Crippen molar-refractivity contribution in [3.05, 3.63) is 54.0 Å². The van der Waals surface area contributed by atoms with Gasteiger partial charge in [-0.05, 0) is 36.2 Å². The second-order valence-corrected chi connectivity index (χ2v) is 5.23. The molecule has 0 saturated heterocycles. The fourth-order valence-corrected chi connectivity index (χ4v) is 2.33. The molecule has 2 amide bonds. The maximum atomic E-state index is 12.5. The molecule has 3 N–H and O–H groups in total. The summed E-state index contributed by atoms with van der Waals surface area (Å²) < 4.78 is 5.26. The molecule has 2 rings (SSSR count). The van der Waals surface area contributed by atoms with Crippen LogP contribution in [-0.2, 0) is 6.54 Å². The van der Waals surface area contributed by atoms with Crippen LogP contribution in [0.2, 0.25) is 0 Å². The first kappa shape index (κ1) is 16.9. The van der Waals surface area contributed by atoms with Gasteiger partial charge in [0.1, 0.15) is 11.5 Å². The Bertz CT molecular complexity index is 596. The summed E-state index contributed by atoms with van der Waals surface area (Å²) in [6.07, 6.45) is 2.26. The van der Waals surface area contributed by atoms with Crippen molar-refractivity contribution in [1.82, 2.24) is 10.2 Å². The summed E-state index contributed by atoms with van der Waals surface area (Å²) in [5, 5.41) is 21.5. The summed E-state index contributed by atoms with van der Waals surface area (Å²) in [6, 6.07) is 9.87. The molecule has 1 aromatic carbocycles. The summed E-state index contributed by atoms with van der Waals surface area (Å²) in [5.74, 6) is 0.848. The minimum atomic E-state index is -0.268. The molecule has 1 heterocycles.